The van der Waals surface area contributed by atoms with Crippen LogP contribution >= 0.6 is 0 Å². The predicted molar refractivity (Wildman–Crippen MR) is 99.5 cm³/mol. The number of nitrogens with zero attached hydrogens (tertiary/aromatic N) is 1. The van der Waals surface area contributed by atoms with E-state index in [-0.39, 0.29) is 5.91 Å². The van der Waals surface area contributed by atoms with Gasteiger partial charge in [-0.25, -0.2) is 4.79 Å². The van der Waals surface area contributed by atoms with Gasteiger partial charge in [0.15, 0.2) is 12.1 Å². The minimum atomic E-state index is -1.04. The zero-order chi connectivity index (χ0) is 19.1. The van der Waals surface area contributed by atoms with E-state index >= 15 is 0 Å². The van der Waals surface area contributed by atoms with Crippen LogP contribution in [0.25, 0.3) is 0 Å². The number of likely N-dealkylation sites (N-methyl/N-ethyl adjacent to an activating group) is 1. The lowest BCUT2D eigenvalue weighted by atomic mass is 9.83. The average molecular weight is 370 g/mol. The van der Waals surface area contributed by atoms with E-state index in [2.05, 4.69) is 5.32 Å². The highest BCUT2D eigenvalue weighted by atomic mass is 16.6. The summed E-state index contributed by atoms with van der Waals surface area (Å²) in [6.07, 6.45) is 5.96. The Hall–Kier alpha value is -1.34. The summed E-state index contributed by atoms with van der Waals surface area (Å²) in [5.74, 6) is 0.227. The molecule has 7 heteroatoms. The molecule has 1 heterocycles. The highest BCUT2D eigenvalue weighted by molar-refractivity contribution is 5.88. The number of amides is 2. The molecule has 2 rings (SSSR count). The Kier molecular flexibility index (Phi) is 8.15. The zero-order valence-corrected chi connectivity index (χ0v) is 16.2. The summed E-state index contributed by atoms with van der Waals surface area (Å²) >= 11 is 0. The molecule has 2 fully saturated rings. The maximum Gasteiger partial charge on any atom is 0.411 e. The summed E-state index contributed by atoms with van der Waals surface area (Å²) in [6.45, 7) is 4.74. The molecule has 1 saturated heterocycles. The van der Waals surface area contributed by atoms with Crippen LogP contribution < -0.4 is 11.1 Å². The Morgan fingerprint density at radius 1 is 1.35 bits per heavy atom. The third-order valence-electron chi connectivity index (χ3n) is 5.66. The Morgan fingerprint density at radius 3 is 2.65 bits per heavy atom. The number of rotatable bonds is 9. The monoisotopic (exact) mass is 369 g/mol. The summed E-state index contributed by atoms with van der Waals surface area (Å²) < 4.78 is 5.37. The summed E-state index contributed by atoms with van der Waals surface area (Å²) in [5.41, 5.74) is 6.25. The lowest BCUT2D eigenvalue weighted by Crippen LogP contribution is -2.55. The van der Waals surface area contributed by atoms with Crippen LogP contribution in [0.5, 0.6) is 0 Å². The molecule has 7 nitrogen and oxygen atoms in total. The molecular weight excluding hydrogens is 334 g/mol. The van der Waals surface area contributed by atoms with E-state index in [1.54, 1.807) is 6.92 Å². The fourth-order valence-corrected chi connectivity index (χ4v) is 4.10. The largest absolute Gasteiger partial charge is 0.440 e. The maximum absolute atomic E-state index is 12.6. The van der Waals surface area contributed by atoms with Gasteiger partial charge in [-0.1, -0.05) is 45.4 Å². The topological polar surface area (TPSA) is 105 Å². The SMILES string of the molecule is CCCCNC(=O)C1C([C@@H](O)[C@@H](N)CC2CCCCC2)OC(=O)N1CC. The molecule has 26 heavy (non-hydrogen) atoms. The van der Waals surface area contributed by atoms with Gasteiger partial charge in [-0.15, -0.1) is 0 Å². The number of unbranched alkanes of at least 4 members (excludes halogenated alkanes) is 1. The molecule has 0 radical (unpaired) electrons. The molecule has 0 bridgehead atoms. The summed E-state index contributed by atoms with van der Waals surface area (Å²) in [5, 5.41) is 13.6. The number of nitrogens with one attached hydrogen (secondary N) is 1. The van der Waals surface area contributed by atoms with Crippen LogP contribution in [0.1, 0.15) is 65.2 Å². The third-order valence-corrected chi connectivity index (χ3v) is 5.66. The van der Waals surface area contributed by atoms with Gasteiger partial charge in [-0.3, -0.25) is 9.69 Å². The Labute approximate surface area is 156 Å². The molecule has 1 aliphatic heterocycles. The maximum atomic E-state index is 12.6. The quantitative estimate of drug-likeness (QED) is 0.537. The molecule has 0 aromatic heterocycles. The third kappa shape index (κ3) is 5.10. The number of hydrogen-bond acceptors (Lipinski definition) is 5. The highest BCUT2D eigenvalue weighted by Gasteiger charge is 2.50. The van der Waals surface area contributed by atoms with Gasteiger partial charge < -0.3 is 20.9 Å². The molecule has 0 spiro atoms. The normalized spacial score (nSPS) is 26.5. The number of aliphatic hydroxyl groups excluding tert-OH is 1. The van der Waals surface area contributed by atoms with Crippen LogP contribution in [0.15, 0.2) is 0 Å². The zero-order valence-electron chi connectivity index (χ0n) is 16.2. The first-order valence-corrected chi connectivity index (χ1v) is 10.2. The molecule has 150 valence electrons. The molecule has 0 aromatic rings. The number of cyclic esters (lactones) is 1. The van der Waals surface area contributed by atoms with Crippen LogP contribution in [0.4, 0.5) is 4.79 Å². The highest BCUT2D eigenvalue weighted by Crippen LogP contribution is 2.30. The number of carbonyl (C=O) groups is 2. The minimum absolute atomic E-state index is 0.278. The van der Waals surface area contributed by atoms with Gasteiger partial charge in [0.05, 0.1) is 0 Å². The second-order valence-corrected chi connectivity index (χ2v) is 7.62. The lowest BCUT2D eigenvalue weighted by molar-refractivity contribution is -0.128. The van der Waals surface area contributed by atoms with E-state index < -0.39 is 30.4 Å². The van der Waals surface area contributed by atoms with Crippen molar-refractivity contribution in [3.63, 3.8) is 0 Å². The minimum Gasteiger partial charge on any atom is -0.440 e. The van der Waals surface area contributed by atoms with E-state index in [4.69, 9.17) is 10.5 Å². The summed E-state index contributed by atoms with van der Waals surface area (Å²) in [4.78, 5) is 26.2. The van der Waals surface area contributed by atoms with Crippen molar-refractivity contribution in [2.75, 3.05) is 13.1 Å². The number of aliphatic hydroxyl groups is 1. The summed E-state index contributed by atoms with van der Waals surface area (Å²) in [7, 11) is 0. The Balaban J connectivity index is 2.02. The van der Waals surface area contributed by atoms with Crippen molar-refractivity contribution in [2.45, 2.75) is 89.5 Å². The molecule has 0 aromatic carbocycles. The van der Waals surface area contributed by atoms with Gasteiger partial charge >= 0.3 is 6.09 Å². The summed E-state index contributed by atoms with van der Waals surface area (Å²) in [6, 6.07) is -1.32. The van der Waals surface area contributed by atoms with Crippen LogP contribution in [-0.4, -0.2) is 59.4 Å². The van der Waals surface area contributed by atoms with E-state index in [9.17, 15) is 14.7 Å². The second-order valence-electron chi connectivity index (χ2n) is 7.62. The van der Waals surface area contributed by atoms with Crippen molar-refractivity contribution in [1.82, 2.24) is 10.2 Å². The van der Waals surface area contributed by atoms with Crippen molar-refractivity contribution < 1.29 is 19.4 Å². The standard InChI is InChI=1S/C19H35N3O4/c1-3-5-11-21-18(24)15-17(26-19(25)22(15)4-2)16(23)14(20)12-13-9-7-6-8-10-13/h13-17,23H,3-12,20H2,1-2H3,(H,21,24)/t14-,15?,16-,17?/m0/s1. The van der Waals surface area contributed by atoms with E-state index in [0.29, 0.717) is 25.4 Å². The van der Waals surface area contributed by atoms with Gasteiger partial charge in [0.2, 0.25) is 5.91 Å². The van der Waals surface area contributed by atoms with Crippen molar-refractivity contribution in [2.24, 2.45) is 11.7 Å². The van der Waals surface area contributed by atoms with E-state index in [0.717, 1.165) is 25.7 Å². The molecule has 4 atom stereocenters. The van der Waals surface area contributed by atoms with E-state index in [1.807, 2.05) is 6.92 Å². The fraction of sp³-hybridized carbons (Fsp3) is 0.895. The van der Waals surface area contributed by atoms with Gasteiger partial charge in [0.25, 0.3) is 0 Å². The van der Waals surface area contributed by atoms with Gasteiger partial charge in [-0.2, -0.15) is 0 Å². The molecule has 1 saturated carbocycles. The first kappa shape index (κ1) is 21.0. The fourth-order valence-electron chi connectivity index (χ4n) is 4.10. The van der Waals surface area contributed by atoms with Crippen molar-refractivity contribution in [1.29, 1.82) is 0 Å². The number of carbonyl (C=O) groups excluding carboxylic acids is 2. The van der Waals surface area contributed by atoms with Gasteiger partial charge in [-0.05, 0) is 25.7 Å². The van der Waals surface area contributed by atoms with Crippen LogP contribution in [0.2, 0.25) is 0 Å². The molecular formula is C19H35N3O4. The van der Waals surface area contributed by atoms with Crippen LogP contribution in [0, 0.1) is 5.92 Å². The number of nitrogens with two attached hydrogens (primary N) is 1. The Morgan fingerprint density at radius 2 is 2.04 bits per heavy atom. The average Bonchev–Trinajstić information content (AvgIpc) is 2.98. The van der Waals surface area contributed by atoms with Crippen molar-refractivity contribution in [3.05, 3.63) is 0 Å². The van der Waals surface area contributed by atoms with Crippen LogP contribution in [0.3, 0.4) is 0 Å². The molecule has 1 aliphatic carbocycles. The van der Waals surface area contributed by atoms with Gasteiger partial charge in [0.1, 0.15) is 6.10 Å². The molecule has 4 N–H and O–H groups in total. The van der Waals surface area contributed by atoms with Crippen LogP contribution in [-0.2, 0) is 9.53 Å². The first-order valence-electron chi connectivity index (χ1n) is 10.2. The Bertz CT molecular complexity index is 468. The molecule has 2 unspecified atom stereocenters. The predicted octanol–water partition coefficient (Wildman–Crippen LogP) is 1.77. The van der Waals surface area contributed by atoms with Gasteiger partial charge in [0, 0.05) is 19.1 Å². The number of ether oxygens (including phenoxy) is 1. The first-order chi connectivity index (χ1) is 12.5. The lowest BCUT2D eigenvalue weighted by Gasteiger charge is -2.31. The molecule has 2 amide bonds. The second kappa shape index (κ2) is 10.1. The smallest absolute Gasteiger partial charge is 0.411 e. The van der Waals surface area contributed by atoms with Crippen molar-refractivity contribution in [3.8, 4) is 0 Å². The van der Waals surface area contributed by atoms with Crippen molar-refractivity contribution >= 4 is 12.0 Å². The molecule has 2 aliphatic rings. The number of hydrogen-bond donors (Lipinski definition) is 3. The van der Waals surface area contributed by atoms with E-state index in [1.165, 1.54) is 24.2 Å².